The van der Waals surface area contributed by atoms with Gasteiger partial charge in [-0.2, -0.15) is 18.3 Å². The van der Waals surface area contributed by atoms with Gasteiger partial charge in [0.15, 0.2) is 5.69 Å². The second kappa shape index (κ2) is 8.80. The number of ether oxygens (including phenoxy) is 1. The van der Waals surface area contributed by atoms with E-state index in [4.69, 9.17) is 4.74 Å². The molecular formula is C23H16F3N3O2S. The molecule has 0 radical (unpaired) electrons. The number of rotatable bonds is 5. The third-order valence-corrected chi connectivity index (χ3v) is 5.18. The maximum atomic E-state index is 13.7. The first kappa shape index (κ1) is 21.5. The Morgan fingerprint density at radius 3 is 2.50 bits per heavy atom. The van der Waals surface area contributed by atoms with Crippen molar-refractivity contribution in [2.75, 3.05) is 0 Å². The minimum atomic E-state index is -4.62. The summed E-state index contributed by atoms with van der Waals surface area (Å²) in [6.45, 7) is 1.27. The van der Waals surface area contributed by atoms with E-state index in [9.17, 15) is 18.0 Å². The van der Waals surface area contributed by atoms with Gasteiger partial charge in [0.1, 0.15) is 5.75 Å². The van der Waals surface area contributed by atoms with Crippen LogP contribution >= 0.6 is 11.3 Å². The van der Waals surface area contributed by atoms with Crippen molar-refractivity contribution in [3.8, 4) is 22.1 Å². The number of carbonyl (C=O) groups excluding carboxylic acids is 1. The first-order valence-corrected chi connectivity index (χ1v) is 10.3. The highest BCUT2D eigenvalue weighted by Crippen LogP contribution is 2.34. The standard InChI is InChI=1S/C23H16F3N3O2S/c1-15(30)31-20-10-6-5-9-17(20)11-12-18-13-21(23(24,25)26)29(28-18)22-27-19(14-32-22)16-7-3-2-4-8-16/h2-14H,1H3/b12-11+. The van der Waals surface area contributed by atoms with Gasteiger partial charge < -0.3 is 4.74 Å². The Morgan fingerprint density at radius 2 is 1.78 bits per heavy atom. The molecule has 0 atom stereocenters. The van der Waals surface area contributed by atoms with Crippen LogP contribution in [0, 0.1) is 0 Å². The number of hydrogen-bond acceptors (Lipinski definition) is 5. The van der Waals surface area contributed by atoms with Gasteiger partial charge in [0.25, 0.3) is 0 Å². The summed E-state index contributed by atoms with van der Waals surface area (Å²) >= 11 is 1.07. The lowest BCUT2D eigenvalue weighted by Gasteiger charge is -2.07. The van der Waals surface area contributed by atoms with Crippen LogP contribution in [-0.4, -0.2) is 20.7 Å². The number of carbonyl (C=O) groups is 1. The molecular weight excluding hydrogens is 439 g/mol. The highest BCUT2D eigenvalue weighted by Gasteiger charge is 2.36. The van der Waals surface area contributed by atoms with Crippen LogP contribution < -0.4 is 4.74 Å². The summed E-state index contributed by atoms with van der Waals surface area (Å²) in [5.41, 5.74) is 1.07. The van der Waals surface area contributed by atoms with Gasteiger partial charge in [-0.1, -0.05) is 48.5 Å². The van der Waals surface area contributed by atoms with Crippen molar-refractivity contribution in [1.82, 2.24) is 14.8 Å². The minimum Gasteiger partial charge on any atom is -0.426 e. The van der Waals surface area contributed by atoms with Crippen LogP contribution in [-0.2, 0) is 11.0 Å². The van der Waals surface area contributed by atoms with Gasteiger partial charge in [0.2, 0.25) is 5.13 Å². The van der Waals surface area contributed by atoms with E-state index in [1.54, 1.807) is 35.7 Å². The number of esters is 1. The van der Waals surface area contributed by atoms with Crippen LogP contribution in [0.3, 0.4) is 0 Å². The average molecular weight is 455 g/mol. The molecule has 2 heterocycles. The van der Waals surface area contributed by atoms with E-state index < -0.39 is 17.8 Å². The zero-order chi connectivity index (χ0) is 22.7. The summed E-state index contributed by atoms with van der Waals surface area (Å²) in [5.74, 6) is -0.188. The van der Waals surface area contributed by atoms with Crippen LogP contribution in [0.4, 0.5) is 13.2 Å². The molecule has 0 N–H and O–H groups in total. The van der Waals surface area contributed by atoms with Crippen LogP contribution in [0.2, 0.25) is 0 Å². The SMILES string of the molecule is CC(=O)Oc1ccccc1/C=C/c1cc(C(F)(F)F)n(-c2nc(-c3ccccc3)cs2)n1. The quantitative estimate of drug-likeness (QED) is 0.269. The highest BCUT2D eigenvalue weighted by atomic mass is 32.1. The van der Waals surface area contributed by atoms with Gasteiger partial charge in [-0.05, 0) is 24.3 Å². The van der Waals surface area contributed by atoms with E-state index >= 15 is 0 Å². The second-order valence-corrected chi connectivity index (χ2v) is 7.55. The van der Waals surface area contributed by atoms with Gasteiger partial charge in [0, 0.05) is 23.4 Å². The van der Waals surface area contributed by atoms with E-state index in [0.29, 0.717) is 17.0 Å². The Morgan fingerprint density at radius 1 is 1.06 bits per heavy atom. The van der Waals surface area contributed by atoms with Gasteiger partial charge >= 0.3 is 12.1 Å². The monoisotopic (exact) mass is 455 g/mol. The zero-order valence-electron chi connectivity index (χ0n) is 16.7. The molecule has 4 aromatic rings. The summed E-state index contributed by atoms with van der Waals surface area (Å²) in [6.07, 6.45) is -1.64. The fourth-order valence-electron chi connectivity index (χ4n) is 2.97. The summed E-state index contributed by atoms with van der Waals surface area (Å²) in [5, 5.41) is 5.91. The Kier molecular flexibility index (Phi) is 5.91. The average Bonchev–Trinajstić information content (AvgIpc) is 3.40. The van der Waals surface area contributed by atoms with Crippen LogP contribution in [0.25, 0.3) is 28.5 Å². The van der Waals surface area contributed by atoms with Crippen LogP contribution in [0.1, 0.15) is 23.9 Å². The van der Waals surface area contributed by atoms with Crippen molar-refractivity contribution >= 4 is 29.5 Å². The summed E-state index contributed by atoms with van der Waals surface area (Å²) in [4.78, 5) is 15.6. The molecule has 0 saturated heterocycles. The normalized spacial score (nSPS) is 11.8. The molecule has 0 unspecified atom stereocenters. The Bertz CT molecular complexity index is 1280. The third-order valence-electron chi connectivity index (χ3n) is 4.37. The number of halogens is 3. The Hall–Kier alpha value is -3.72. The molecule has 0 aliphatic heterocycles. The lowest BCUT2D eigenvalue weighted by atomic mass is 10.1. The third kappa shape index (κ3) is 4.78. The number of alkyl halides is 3. The molecule has 5 nitrogen and oxygen atoms in total. The highest BCUT2D eigenvalue weighted by molar-refractivity contribution is 7.12. The summed E-state index contributed by atoms with van der Waals surface area (Å²) in [7, 11) is 0. The second-order valence-electron chi connectivity index (χ2n) is 6.71. The lowest BCUT2D eigenvalue weighted by Crippen LogP contribution is -2.13. The van der Waals surface area contributed by atoms with E-state index in [1.807, 2.05) is 30.3 Å². The number of para-hydroxylation sites is 1. The molecule has 0 aliphatic carbocycles. The molecule has 2 aromatic carbocycles. The van der Waals surface area contributed by atoms with Gasteiger partial charge in [-0.3, -0.25) is 4.79 Å². The first-order valence-electron chi connectivity index (χ1n) is 9.45. The summed E-state index contributed by atoms with van der Waals surface area (Å²) < 4.78 is 47.0. The van der Waals surface area contributed by atoms with Gasteiger partial charge in [-0.25, -0.2) is 9.67 Å². The van der Waals surface area contributed by atoms with Gasteiger partial charge in [0.05, 0.1) is 11.4 Å². The zero-order valence-corrected chi connectivity index (χ0v) is 17.5. The largest absolute Gasteiger partial charge is 0.433 e. The van der Waals surface area contributed by atoms with Crippen molar-refractivity contribution in [2.24, 2.45) is 0 Å². The minimum absolute atomic E-state index is 0.0893. The molecule has 0 spiro atoms. The van der Waals surface area contributed by atoms with Crippen molar-refractivity contribution in [3.63, 3.8) is 0 Å². The maximum Gasteiger partial charge on any atom is 0.433 e. The molecule has 32 heavy (non-hydrogen) atoms. The lowest BCUT2D eigenvalue weighted by molar-refractivity contribution is -0.142. The Labute approximate surface area is 185 Å². The topological polar surface area (TPSA) is 57.0 Å². The number of thiazole rings is 1. The van der Waals surface area contributed by atoms with Crippen LogP contribution in [0.15, 0.2) is 66.0 Å². The smallest absolute Gasteiger partial charge is 0.426 e. The molecule has 4 rings (SSSR count). The van der Waals surface area contributed by atoms with E-state index in [2.05, 4.69) is 10.1 Å². The molecule has 2 aromatic heterocycles. The fraction of sp³-hybridized carbons (Fsp3) is 0.0870. The molecule has 9 heteroatoms. The van der Waals surface area contributed by atoms with E-state index in [1.165, 1.54) is 13.0 Å². The number of aromatic nitrogens is 3. The van der Waals surface area contributed by atoms with Crippen LogP contribution in [0.5, 0.6) is 5.75 Å². The predicted molar refractivity (Wildman–Crippen MR) is 116 cm³/mol. The first-order chi connectivity index (χ1) is 15.3. The number of hydrogen-bond donors (Lipinski definition) is 0. The van der Waals surface area contributed by atoms with Crippen molar-refractivity contribution in [3.05, 3.63) is 83.0 Å². The molecule has 0 fully saturated rings. The Balaban J connectivity index is 1.69. The molecule has 0 amide bonds. The van der Waals surface area contributed by atoms with Gasteiger partial charge in [-0.15, -0.1) is 11.3 Å². The summed E-state index contributed by atoms with van der Waals surface area (Å²) in [6, 6.07) is 16.8. The number of benzene rings is 2. The number of nitrogens with zero attached hydrogens (tertiary/aromatic N) is 3. The fourth-order valence-corrected chi connectivity index (χ4v) is 3.77. The maximum absolute atomic E-state index is 13.7. The molecule has 162 valence electrons. The van der Waals surface area contributed by atoms with E-state index in [-0.39, 0.29) is 10.8 Å². The molecule has 0 bridgehead atoms. The van der Waals surface area contributed by atoms with Crippen molar-refractivity contribution in [2.45, 2.75) is 13.1 Å². The molecule has 0 saturated carbocycles. The van der Waals surface area contributed by atoms with E-state index in [0.717, 1.165) is 27.6 Å². The molecule has 0 aliphatic rings. The van der Waals surface area contributed by atoms with Crippen molar-refractivity contribution < 1.29 is 22.7 Å². The van der Waals surface area contributed by atoms with Crippen molar-refractivity contribution in [1.29, 1.82) is 0 Å². The predicted octanol–water partition coefficient (Wildman–Crippen LogP) is 6.11.